The molecule has 0 saturated heterocycles. The second kappa shape index (κ2) is 17.9. The molecule has 0 bridgehead atoms. The maximum Gasteiger partial charge on any atom is 0.251 e. The van der Waals surface area contributed by atoms with Crippen LogP contribution in [0.15, 0.2) is 29.8 Å². The third-order valence-corrected chi connectivity index (χ3v) is 9.51. The molecular formula is C29H48N2O2S2. The Balaban J connectivity index is 2.17. The summed E-state index contributed by atoms with van der Waals surface area (Å²) in [6.45, 7) is 14.1. The van der Waals surface area contributed by atoms with E-state index < -0.39 is 0 Å². The molecule has 0 spiro atoms. The third kappa shape index (κ3) is 15.3. The lowest BCUT2D eigenvalue weighted by atomic mass is 10.00. The van der Waals surface area contributed by atoms with Crippen LogP contribution in [0.25, 0.3) is 6.08 Å². The molecule has 0 heterocycles. The molecule has 0 fully saturated rings. The third-order valence-electron chi connectivity index (χ3n) is 6.07. The smallest absolute Gasteiger partial charge is 0.251 e. The predicted octanol–water partition coefficient (Wildman–Crippen LogP) is 7.89. The summed E-state index contributed by atoms with van der Waals surface area (Å²) < 4.78 is 0.0722. The zero-order valence-electron chi connectivity index (χ0n) is 22.9. The van der Waals surface area contributed by atoms with Crippen molar-refractivity contribution in [3.8, 4) is 0 Å². The maximum atomic E-state index is 12.3. The van der Waals surface area contributed by atoms with Gasteiger partial charge in [-0.3, -0.25) is 9.59 Å². The van der Waals surface area contributed by atoms with Crippen LogP contribution < -0.4 is 10.6 Å². The summed E-state index contributed by atoms with van der Waals surface area (Å²) >= 11 is 0. The molecule has 1 aromatic rings. The van der Waals surface area contributed by atoms with Gasteiger partial charge in [0.25, 0.3) is 5.91 Å². The van der Waals surface area contributed by atoms with Crippen molar-refractivity contribution in [2.24, 2.45) is 5.92 Å². The summed E-state index contributed by atoms with van der Waals surface area (Å²) in [7, 11) is 3.84. The first kappa shape index (κ1) is 31.6. The predicted molar refractivity (Wildman–Crippen MR) is 157 cm³/mol. The fourth-order valence-corrected chi connectivity index (χ4v) is 6.35. The average molecular weight is 521 g/mol. The highest BCUT2D eigenvalue weighted by Crippen LogP contribution is 2.39. The van der Waals surface area contributed by atoms with E-state index in [2.05, 4.69) is 58.3 Å². The van der Waals surface area contributed by atoms with E-state index in [0.29, 0.717) is 25.1 Å². The average Bonchev–Trinajstić information content (AvgIpc) is 2.83. The van der Waals surface area contributed by atoms with Gasteiger partial charge in [0.05, 0.1) is 0 Å². The molecule has 6 heteroatoms. The van der Waals surface area contributed by atoms with Crippen LogP contribution in [0.5, 0.6) is 0 Å². The van der Waals surface area contributed by atoms with Gasteiger partial charge < -0.3 is 10.6 Å². The van der Waals surface area contributed by atoms with E-state index in [1.807, 2.05) is 45.9 Å². The summed E-state index contributed by atoms with van der Waals surface area (Å²) in [5, 5.41) is 5.81. The molecule has 0 saturated carbocycles. The standard InChI is InChI=1S/C29H48N2O2S2/c1-7-11-24(4)12-9-10-21-34-35-29(5,6)18-17-27(32)30-19-20-31-28(33)26-15-13-25(14-16-26)22-23(3)8-2/h13-16,22,24H,7-12,17-21H2,1-6H3,(H,30,32)(H,31,33)/b23-22-. The number of carbonyl (C=O) groups is 2. The van der Waals surface area contributed by atoms with Crippen molar-refractivity contribution in [2.75, 3.05) is 18.8 Å². The summed E-state index contributed by atoms with van der Waals surface area (Å²) in [5.74, 6) is 1.96. The van der Waals surface area contributed by atoms with Crippen molar-refractivity contribution in [3.63, 3.8) is 0 Å². The van der Waals surface area contributed by atoms with E-state index in [0.717, 1.165) is 24.3 Å². The maximum absolute atomic E-state index is 12.3. The van der Waals surface area contributed by atoms with Gasteiger partial charge in [-0.1, -0.05) is 91.8 Å². The first-order chi connectivity index (χ1) is 16.7. The van der Waals surface area contributed by atoms with E-state index in [4.69, 9.17) is 0 Å². The Kier molecular flexibility index (Phi) is 16.2. The Morgan fingerprint density at radius 3 is 2.37 bits per heavy atom. The molecule has 2 amide bonds. The Morgan fingerprint density at radius 1 is 1.03 bits per heavy atom. The first-order valence-corrected chi connectivity index (χ1v) is 15.6. The minimum absolute atomic E-state index is 0.0465. The number of carbonyl (C=O) groups excluding carboxylic acids is 2. The molecule has 0 aromatic heterocycles. The minimum Gasteiger partial charge on any atom is -0.354 e. The van der Waals surface area contributed by atoms with Crippen molar-refractivity contribution in [3.05, 3.63) is 41.0 Å². The second-order valence-electron chi connectivity index (χ2n) is 10.1. The highest BCUT2D eigenvalue weighted by molar-refractivity contribution is 8.77. The molecule has 0 aliphatic rings. The number of nitrogens with one attached hydrogen (secondary N) is 2. The summed E-state index contributed by atoms with van der Waals surface area (Å²) in [6.07, 6.45) is 11.0. The van der Waals surface area contributed by atoms with Gasteiger partial charge in [-0.15, -0.1) is 0 Å². The molecule has 0 aliphatic heterocycles. The first-order valence-electron chi connectivity index (χ1n) is 13.3. The van der Waals surface area contributed by atoms with E-state index in [9.17, 15) is 9.59 Å². The van der Waals surface area contributed by atoms with E-state index >= 15 is 0 Å². The molecule has 2 N–H and O–H groups in total. The number of benzene rings is 1. The molecule has 198 valence electrons. The van der Waals surface area contributed by atoms with Gasteiger partial charge in [0.2, 0.25) is 5.91 Å². The van der Waals surface area contributed by atoms with Gasteiger partial charge in [0.1, 0.15) is 0 Å². The van der Waals surface area contributed by atoms with E-state index in [-0.39, 0.29) is 16.6 Å². The Labute approximate surface area is 222 Å². The quantitative estimate of drug-likeness (QED) is 0.153. The SMILES string of the molecule is CCCC(C)CCCCSSC(C)(C)CCC(=O)NCCNC(=O)c1ccc(/C=C(/C)CC)cc1. The summed E-state index contributed by atoms with van der Waals surface area (Å²) in [4.78, 5) is 24.6. The lowest BCUT2D eigenvalue weighted by Crippen LogP contribution is -2.35. The van der Waals surface area contributed by atoms with Crippen LogP contribution in [0.1, 0.15) is 109 Å². The second-order valence-corrected chi connectivity index (χ2v) is 13.2. The Hall–Kier alpha value is -1.40. The van der Waals surface area contributed by atoms with Crippen molar-refractivity contribution < 1.29 is 9.59 Å². The zero-order valence-corrected chi connectivity index (χ0v) is 24.5. The van der Waals surface area contributed by atoms with Crippen molar-refractivity contribution in [2.45, 2.75) is 97.7 Å². The van der Waals surface area contributed by atoms with Crippen LogP contribution >= 0.6 is 21.6 Å². The Morgan fingerprint density at radius 2 is 1.71 bits per heavy atom. The molecular weight excluding hydrogens is 472 g/mol. The molecule has 0 aliphatic carbocycles. The lowest BCUT2D eigenvalue weighted by Gasteiger charge is -2.23. The molecule has 4 nitrogen and oxygen atoms in total. The summed E-state index contributed by atoms with van der Waals surface area (Å²) in [6, 6.07) is 7.60. The number of hydrogen-bond donors (Lipinski definition) is 2. The van der Waals surface area contributed by atoms with Crippen LogP contribution in [0.4, 0.5) is 0 Å². The minimum atomic E-state index is -0.114. The van der Waals surface area contributed by atoms with Crippen LogP contribution in [0.3, 0.4) is 0 Å². The lowest BCUT2D eigenvalue weighted by molar-refractivity contribution is -0.121. The van der Waals surface area contributed by atoms with Gasteiger partial charge in [-0.25, -0.2) is 0 Å². The molecule has 1 atom stereocenters. The normalized spacial score (nSPS) is 12.9. The number of hydrogen-bond acceptors (Lipinski definition) is 4. The van der Waals surface area contributed by atoms with Gasteiger partial charge in [-0.2, -0.15) is 0 Å². The molecule has 0 radical (unpaired) electrons. The van der Waals surface area contributed by atoms with Crippen LogP contribution in [-0.2, 0) is 4.79 Å². The van der Waals surface area contributed by atoms with Gasteiger partial charge in [0, 0.05) is 35.6 Å². The number of allylic oxidation sites excluding steroid dienone is 1. The largest absolute Gasteiger partial charge is 0.354 e. The topological polar surface area (TPSA) is 58.2 Å². The van der Waals surface area contributed by atoms with Crippen LogP contribution in [-0.4, -0.2) is 35.4 Å². The molecule has 1 aromatic carbocycles. The van der Waals surface area contributed by atoms with Gasteiger partial charge in [-0.05, 0) is 63.6 Å². The van der Waals surface area contributed by atoms with Gasteiger partial charge in [0.15, 0.2) is 0 Å². The van der Waals surface area contributed by atoms with E-state index in [1.54, 1.807) is 0 Å². The van der Waals surface area contributed by atoms with Crippen molar-refractivity contribution in [1.29, 1.82) is 0 Å². The van der Waals surface area contributed by atoms with E-state index in [1.165, 1.54) is 43.4 Å². The molecule has 1 rings (SSSR count). The number of unbranched alkanes of at least 4 members (excludes halogenated alkanes) is 1. The summed E-state index contributed by atoms with van der Waals surface area (Å²) in [5.41, 5.74) is 3.04. The molecule has 35 heavy (non-hydrogen) atoms. The number of amides is 2. The van der Waals surface area contributed by atoms with Crippen LogP contribution in [0, 0.1) is 5.92 Å². The fourth-order valence-electron chi connectivity index (χ4n) is 3.63. The Bertz CT molecular complexity index is 775. The van der Waals surface area contributed by atoms with Crippen molar-refractivity contribution in [1.82, 2.24) is 10.6 Å². The number of rotatable bonds is 18. The van der Waals surface area contributed by atoms with Gasteiger partial charge >= 0.3 is 0 Å². The highest BCUT2D eigenvalue weighted by atomic mass is 33.1. The fraction of sp³-hybridized carbons (Fsp3) is 0.655. The molecule has 1 unspecified atom stereocenters. The monoisotopic (exact) mass is 520 g/mol. The highest BCUT2D eigenvalue weighted by Gasteiger charge is 2.20. The van der Waals surface area contributed by atoms with Crippen LogP contribution in [0.2, 0.25) is 0 Å². The zero-order chi connectivity index (χ0) is 26.1. The van der Waals surface area contributed by atoms with Crippen molar-refractivity contribution >= 4 is 39.5 Å².